The molecule has 3 amide bonds. The Kier molecular flexibility index (Phi) is 7.01. The second-order valence-electron chi connectivity index (χ2n) is 6.49. The van der Waals surface area contributed by atoms with Crippen molar-refractivity contribution in [3.63, 3.8) is 0 Å². The number of hydrogen-bond acceptors (Lipinski definition) is 6. The molecule has 1 atom stereocenters. The Morgan fingerprint density at radius 3 is 2.48 bits per heavy atom. The van der Waals surface area contributed by atoms with Crippen molar-refractivity contribution in [2.75, 3.05) is 19.8 Å². The molecule has 1 heterocycles. The largest absolute Gasteiger partial charge is 0.410 e. The number of urea groups is 1. The van der Waals surface area contributed by atoms with E-state index in [2.05, 4.69) is 27.8 Å². The van der Waals surface area contributed by atoms with Crippen LogP contribution in [-0.2, 0) is 4.79 Å². The summed E-state index contributed by atoms with van der Waals surface area (Å²) in [5.74, 6) is 0.174. The van der Waals surface area contributed by atoms with Crippen LogP contribution in [0.4, 0.5) is 4.79 Å². The molecule has 3 N–H and O–H groups in total. The molecule has 23 heavy (non-hydrogen) atoms. The van der Waals surface area contributed by atoms with E-state index in [0.29, 0.717) is 11.1 Å². The van der Waals surface area contributed by atoms with Crippen LogP contribution in [0.15, 0.2) is 9.64 Å². The highest BCUT2D eigenvalue weighted by Gasteiger charge is 2.23. The van der Waals surface area contributed by atoms with Gasteiger partial charge >= 0.3 is 6.03 Å². The smallest absolute Gasteiger partial charge is 0.321 e. The number of amides is 3. The lowest BCUT2D eigenvalue weighted by molar-refractivity contribution is -0.894. The van der Waals surface area contributed by atoms with Gasteiger partial charge in [0, 0.05) is 12.0 Å². The molecule has 0 fully saturated rings. The predicted molar refractivity (Wildman–Crippen MR) is 87.3 cm³/mol. The van der Waals surface area contributed by atoms with Crippen molar-refractivity contribution >= 4 is 23.7 Å². The fourth-order valence-corrected chi connectivity index (χ4v) is 2.48. The number of imide groups is 1. The van der Waals surface area contributed by atoms with Gasteiger partial charge in [0.2, 0.25) is 5.91 Å². The number of hydrogen-bond donors (Lipinski definition) is 3. The molecule has 1 aromatic rings. The maximum Gasteiger partial charge on any atom is 0.321 e. The highest BCUT2D eigenvalue weighted by atomic mass is 32.2. The summed E-state index contributed by atoms with van der Waals surface area (Å²) in [6.07, 6.45) is 0.877. The van der Waals surface area contributed by atoms with E-state index >= 15 is 0 Å². The van der Waals surface area contributed by atoms with Crippen LogP contribution in [0.2, 0.25) is 0 Å². The molecule has 0 radical (unpaired) electrons. The van der Waals surface area contributed by atoms with Crippen LogP contribution in [0.1, 0.15) is 46.0 Å². The third kappa shape index (κ3) is 7.00. The number of quaternary nitrogens is 1. The van der Waals surface area contributed by atoms with Gasteiger partial charge in [-0.3, -0.25) is 10.1 Å². The Bertz CT molecular complexity index is 539. The molecule has 0 aromatic carbocycles. The standard InChI is InChI=1S/C14H25N5O3S/c1-7-9(19(5)6)11-17-18-13(22-11)23-8-10(20)15-12(21)16-14(2,3)4/h9H,7-8H2,1-6H3,(H2,15,16,20,21)/p+1/t9-/m1/s1. The lowest BCUT2D eigenvalue weighted by Crippen LogP contribution is -3.06. The fourth-order valence-electron chi connectivity index (χ4n) is 1.91. The summed E-state index contributed by atoms with van der Waals surface area (Å²) in [7, 11) is 4.04. The minimum atomic E-state index is -0.517. The van der Waals surface area contributed by atoms with Crippen molar-refractivity contribution in [1.82, 2.24) is 20.8 Å². The Morgan fingerprint density at radius 2 is 1.96 bits per heavy atom. The molecule has 130 valence electrons. The number of thioether (sulfide) groups is 1. The van der Waals surface area contributed by atoms with E-state index in [4.69, 9.17) is 4.42 Å². The second kappa shape index (κ2) is 8.30. The van der Waals surface area contributed by atoms with E-state index in [1.165, 1.54) is 4.90 Å². The lowest BCUT2D eigenvalue weighted by atomic mass is 10.1. The van der Waals surface area contributed by atoms with Crippen LogP contribution in [0.25, 0.3) is 0 Å². The number of nitrogens with zero attached hydrogens (tertiary/aromatic N) is 2. The molecule has 0 unspecified atom stereocenters. The van der Waals surface area contributed by atoms with Gasteiger partial charge in [-0.15, -0.1) is 10.2 Å². The summed E-state index contributed by atoms with van der Waals surface area (Å²) >= 11 is 1.11. The number of carbonyl (C=O) groups is 2. The number of nitrogens with one attached hydrogen (secondary N) is 3. The van der Waals surface area contributed by atoms with Crippen LogP contribution in [0.3, 0.4) is 0 Å². The predicted octanol–water partition coefficient (Wildman–Crippen LogP) is 0.382. The minimum absolute atomic E-state index is 0.0325. The quantitative estimate of drug-likeness (QED) is 0.645. The number of aromatic nitrogens is 2. The highest BCUT2D eigenvalue weighted by Crippen LogP contribution is 2.19. The summed E-state index contributed by atoms with van der Waals surface area (Å²) < 4.78 is 5.57. The van der Waals surface area contributed by atoms with Crippen LogP contribution >= 0.6 is 11.8 Å². The molecular formula is C14H26N5O3S+. The molecule has 8 nitrogen and oxygen atoms in total. The zero-order valence-corrected chi connectivity index (χ0v) is 15.3. The molecule has 1 aromatic heterocycles. The fraction of sp³-hybridized carbons (Fsp3) is 0.714. The van der Waals surface area contributed by atoms with E-state index in [9.17, 15) is 9.59 Å². The van der Waals surface area contributed by atoms with Gasteiger partial charge in [0.25, 0.3) is 11.1 Å². The third-order valence-electron chi connectivity index (χ3n) is 2.89. The van der Waals surface area contributed by atoms with Gasteiger partial charge < -0.3 is 14.6 Å². The zero-order valence-electron chi connectivity index (χ0n) is 14.5. The molecule has 0 aliphatic heterocycles. The summed E-state index contributed by atoms with van der Waals surface area (Å²) in [4.78, 5) is 24.5. The molecular weight excluding hydrogens is 318 g/mol. The van der Waals surface area contributed by atoms with Crippen molar-refractivity contribution in [3.8, 4) is 0 Å². The maximum absolute atomic E-state index is 11.7. The van der Waals surface area contributed by atoms with Crippen molar-refractivity contribution < 1.29 is 18.9 Å². The van der Waals surface area contributed by atoms with Gasteiger partial charge in [-0.1, -0.05) is 18.7 Å². The van der Waals surface area contributed by atoms with E-state index in [0.717, 1.165) is 18.2 Å². The Hall–Kier alpha value is -1.61. The Morgan fingerprint density at radius 1 is 1.30 bits per heavy atom. The number of carbonyl (C=O) groups excluding carboxylic acids is 2. The van der Waals surface area contributed by atoms with E-state index in [1.807, 2.05) is 34.9 Å². The lowest BCUT2D eigenvalue weighted by Gasteiger charge is -2.20. The van der Waals surface area contributed by atoms with Crippen LogP contribution in [-0.4, -0.2) is 47.5 Å². The van der Waals surface area contributed by atoms with Gasteiger partial charge in [-0.25, -0.2) is 4.79 Å². The Labute approximate surface area is 140 Å². The van der Waals surface area contributed by atoms with Crippen molar-refractivity contribution in [1.29, 1.82) is 0 Å². The van der Waals surface area contributed by atoms with Crippen molar-refractivity contribution in [2.45, 2.75) is 50.9 Å². The molecule has 0 saturated carbocycles. The normalized spacial score (nSPS) is 13.0. The van der Waals surface area contributed by atoms with E-state index in [1.54, 1.807) is 0 Å². The number of rotatable bonds is 6. The topological polar surface area (TPSA) is 102 Å². The Balaban J connectivity index is 2.48. The summed E-state index contributed by atoms with van der Waals surface area (Å²) in [6, 6.07) is -0.389. The zero-order chi connectivity index (χ0) is 17.6. The van der Waals surface area contributed by atoms with Crippen LogP contribution in [0, 0.1) is 0 Å². The monoisotopic (exact) mass is 344 g/mol. The molecule has 0 aliphatic rings. The molecule has 0 spiro atoms. The van der Waals surface area contributed by atoms with Gasteiger partial charge in [0.05, 0.1) is 19.8 Å². The SMILES string of the molecule is CC[C@H](c1nnc(SCC(=O)NC(=O)NC(C)(C)C)o1)[NH+](C)C. The first-order valence-electron chi connectivity index (χ1n) is 7.50. The van der Waals surface area contributed by atoms with Gasteiger partial charge in [0.1, 0.15) is 0 Å². The summed E-state index contributed by atoms with van der Waals surface area (Å²) in [6.45, 7) is 7.56. The first-order valence-corrected chi connectivity index (χ1v) is 8.49. The average Bonchev–Trinajstić information content (AvgIpc) is 2.83. The molecule has 0 bridgehead atoms. The summed E-state index contributed by atoms with van der Waals surface area (Å²) in [5.41, 5.74) is -0.400. The molecule has 0 saturated heterocycles. The van der Waals surface area contributed by atoms with Gasteiger partial charge in [-0.05, 0) is 20.8 Å². The molecule has 1 rings (SSSR count). The van der Waals surface area contributed by atoms with Crippen LogP contribution < -0.4 is 15.5 Å². The first-order chi connectivity index (χ1) is 10.6. The average molecular weight is 344 g/mol. The molecule has 9 heteroatoms. The van der Waals surface area contributed by atoms with Gasteiger partial charge in [0.15, 0.2) is 6.04 Å². The van der Waals surface area contributed by atoms with E-state index in [-0.39, 0.29) is 11.8 Å². The molecule has 0 aliphatic carbocycles. The van der Waals surface area contributed by atoms with Crippen molar-refractivity contribution in [2.24, 2.45) is 0 Å². The van der Waals surface area contributed by atoms with Crippen molar-refractivity contribution in [3.05, 3.63) is 5.89 Å². The first kappa shape index (κ1) is 19.4. The van der Waals surface area contributed by atoms with Crippen LogP contribution in [0.5, 0.6) is 0 Å². The summed E-state index contributed by atoms with van der Waals surface area (Å²) in [5, 5.41) is 13.2. The minimum Gasteiger partial charge on any atom is -0.410 e. The maximum atomic E-state index is 11.7. The van der Waals surface area contributed by atoms with E-state index < -0.39 is 17.5 Å². The highest BCUT2D eigenvalue weighted by molar-refractivity contribution is 7.99. The second-order valence-corrected chi connectivity index (χ2v) is 7.41. The van der Waals surface area contributed by atoms with Gasteiger partial charge in [-0.2, -0.15) is 0 Å². The third-order valence-corrected chi connectivity index (χ3v) is 3.71.